The number of rotatable bonds is 3. The van der Waals surface area contributed by atoms with Crippen LogP contribution < -0.4 is 5.32 Å². The van der Waals surface area contributed by atoms with Crippen molar-refractivity contribution >= 4 is 9.84 Å². The summed E-state index contributed by atoms with van der Waals surface area (Å²) in [6, 6.07) is 0. The second-order valence-electron chi connectivity index (χ2n) is 6.44. The molecule has 1 saturated heterocycles. The van der Waals surface area contributed by atoms with E-state index in [2.05, 4.69) is 5.32 Å². The monoisotopic (exact) mass is 257 g/mol. The van der Waals surface area contributed by atoms with Crippen LogP contribution in [0.1, 0.15) is 32.1 Å². The number of nitrogens with one attached hydrogen (secondary N) is 1. The Bertz CT molecular complexity index is 406. The van der Waals surface area contributed by atoms with Crippen molar-refractivity contribution in [3.05, 3.63) is 0 Å². The number of hydrogen-bond donors (Lipinski definition) is 1. The molecule has 0 aromatic rings. The second-order valence-corrected chi connectivity index (χ2v) is 8.67. The Morgan fingerprint density at radius 3 is 2.53 bits per heavy atom. The summed E-state index contributed by atoms with van der Waals surface area (Å²) in [4.78, 5) is 0. The zero-order valence-electron chi connectivity index (χ0n) is 10.6. The molecule has 1 N–H and O–H groups in total. The lowest BCUT2D eigenvalue weighted by atomic mass is 9.64. The predicted octanol–water partition coefficient (Wildman–Crippen LogP) is 1.45. The molecule has 98 valence electrons. The van der Waals surface area contributed by atoms with Crippen LogP contribution in [0.4, 0.5) is 0 Å². The van der Waals surface area contributed by atoms with Gasteiger partial charge in [-0.1, -0.05) is 6.42 Å². The Labute approximate surface area is 104 Å². The first-order valence-corrected chi connectivity index (χ1v) is 8.73. The molecule has 1 aliphatic heterocycles. The Morgan fingerprint density at radius 2 is 2.06 bits per heavy atom. The topological polar surface area (TPSA) is 46.2 Å². The highest BCUT2D eigenvalue weighted by atomic mass is 32.2. The molecule has 2 aliphatic carbocycles. The van der Waals surface area contributed by atoms with Crippen molar-refractivity contribution < 1.29 is 8.42 Å². The van der Waals surface area contributed by atoms with Crippen LogP contribution in [0.3, 0.4) is 0 Å². The minimum atomic E-state index is -2.73. The molecule has 0 spiro atoms. The molecule has 3 nitrogen and oxygen atoms in total. The summed E-state index contributed by atoms with van der Waals surface area (Å²) < 4.78 is 23.5. The summed E-state index contributed by atoms with van der Waals surface area (Å²) in [6.45, 7) is 1.02. The van der Waals surface area contributed by atoms with Crippen molar-refractivity contribution in [2.24, 2.45) is 23.2 Å². The maximum atomic E-state index is 11.7. The van der Waals surface area contributed by atoms with E-state index in [0.29, 0.717) is 22.8 Å². The molecule has 0 radical (unpaired) electrons. The lowest BCUT2D eigenvalue weighted by Crippen LogP contribution is -2.44. The van der Waals surface area contributed by atoms with Crippen LogP contribution in [0.25, 0.3) is 0 Å². The van der Waals surface area contributed by atoms with E-state index < -0.39 is 9.84 Å². The van der Waals surface area contributed by atoms with Crippen molar-refractivity contribution in [3.63, 3.8) is 0 Å². The largest absolute Gasteiger partial charge is 0.319 e. The fraction of sp³-hybridized carbons (Fsp3) is 1.00. The normalized spacial score (nSPS) is 47.7. The summed E-state index contributed by atoms with van der Waals surface area (Å²) in [5.74, 6) is 2.99. The van der Waals surface area contributed by atoms with Crippen molar-refractivity contribution in [3.8, 4) is 0 Å². The molecule has 3 rings (SSSR count). The third kappa shape index (κ3) is 1.84. The standard InChI is InChI=1S/C13H23NO2S/c1-14-9-13(7-10-2-3-11(13)6-10)12-4-5-17(15,16)8-12/h10-12,14H,2-9H2,1H3. The number of hydrogen-bond acceptors (Lipinski definition) is 3. The molecule has 2 saturated carbocycles. The van der Waals surface area contributed by atoms with E-state index in [1.807, 2.05) is 7.05 Å². The van der Waals surface area contributed by atoms with Crippen molar-refractivity contribution in [2.75, 3.05) is 25.1 Å². The number of fused-ring (bicyclic) bond motifs is 2. The first kappa shape index (κ1) is 12.0. The molecule has 4 heteroatoms. The van der Waals surface area contributed by atoms with Gasteiger partial charge in [0.25, 0.3) is 0 Å². The third-order valence-electron chi connectivity index (χ3n) is 5.57. The van der Waals surface area contributed by atoms with E-state index in [4.69, 9.17) is 0 Å². The predicted molar refractivity (Wildman–Crippen MR) is 68.6 cm³/mol. The van der Waals surface area contributed by atoms with Crippen LogP contribution in [0.2, 0.25) is 0 Å². The maximum Gasteiger partial charge on any atom is 0.150 e. The highest BCUT2D eigenvalue weighted by Gasteiger charge is 2.56. The Kier molecular flexibility index (Phi) is 2.78. The van der Waals surface area contributed by atoms with Gasteiger partial charge in [0.2, 0.25) is 0 Å². The van der Waals surface area contributed by atoms with Gasteiger partial charge in [0.1, 0.15) is 0 Å². The second kappa shape index (κ2) is 3.95. The van der Waals surface area contributed by atoms with Crippen LogP contribution in [0.5, 0.6) is 0 Å². The zero-order valence-corrected chi connectivity index (χ0v) is 11.4. The molecule has 0 aromatic heterocycles. The maximum absolute atomic E-state index is 11.7. The van der Waals surface area contributed by atoms with Crippen LogP contribution in [-0.4, -0.2) is 33.5 Å². The molecule has 2 bridgehead atoms. The Balaban J connectivity index is 1.86. The van der Waals surface area contributed by atoms with E-state index in [1.54, 1.807) is 0 Å². The number of sulfone groups is 1. The summed E-state index contributed by atoms with van der Waals surface area (Å²) in [6.07, 6.45) is 6.27. The van der Waals surface area contributed by atoms with Gasteiger partial charge in [0, 0.05) is 6.54 Å². The zero-order chi connectivity index (χ0) is 12.1. The quantitative estimate of drug-likeness (QED) is 0.832. The molecule has 17 heavy (non-hydrogen) atoms. The van der Waals surface area contributed by atoms with Crippen LogP contribution in [0, 0.1) is 23.2 Å². The van der Waals surface area contributed by atoms with Crippen molar-refractivity contribution in [2.45, 2.75) is 32.1 Å². The molecular formula is C13H23NO2S. The summed E-state index contributed by atoms with van der Waals surface area (Å²) in [5.41, 5.74) is 0.307. The average Bonchev–Trinajstić information content (AvgIpc) is 2.92. The molecule has 3 fully saturated rings. The highest BCUT2D eigenvalue weighted by molar-refractivity contribution is 7.91. The van der Waals surface area contributed by atoms with E-state index in [1.165, 1.54) is 25.7 Å². The van der Waals surface area contributed by atoms with Gasteiger partial charge in [0.15, 0.2) is 9.84 Å². The minimum absolute atomic E-state index is 0.307. The molecule has 4 unspecified atom stereocenters. The van der Waals surface area contributed by atoms with E-state index in [0.717, 1.165) is 24.8 Å². The first-order chi connectivity index (χ1) is 8.06. The van der Waals surface area contributed by atoms with Crippen LogP contribution in [-0.2, 0) is 9.84 Å². The molecule has 1 heterocycles. The van der Waals surface area contributed by atoms with Gasteiger partial charge in [-0.15, -0.1) is 0 Å². The molecular weight excluding hydrogens is 234 g/mol. The van der Waals surface area contributed by atoms with Crippen LogP contribution >= 0.6 is 0 Å². The van der Waals surface area contributed by atoms with E-state index in [9.17, 15) is 8.42 Å². The molecule has 3 aliphatic rings. The summed E-state index contributed by atoms with van der Waals surface area (Å²) >= 11 is 0. The highest BCUT2D eigenvalue weighted by Crippen LogP contribution is 2.60. The first-order valence-electron chi connectivity index (χ1n) is 6.91. The summed E-state index contributed by atoms with van der Waals surface area (Å²) in [7, 11) is -0.723. The Hall–Kier alpha value is -0.0900. The van der Waals surface area contributed by atoms with Gasteiger partial charge < -0.3 is 5.32 Å². The third-order valence-corrected chi connectivity index (χ3v) is 7.34. The van der Waals surface area contributed by atoms with Gasteiger partial charge in [-0.05, 0) is 55.9 Å². The minimum Gasteiger partial charge on any atom is -0.319 e. The smallest absolute Gasteiger partial charge is 0.150 e. The lowest BCUT2D eigenvalue weighted by Gasteiger charge is -2.42. The van der Waals surface area contributed by atoms with Gasteiger partial charge in [-0.3, -0.25) is 0 Å². The SMILES string of the molecule is CNCC1(C2CCS(=O)(=O)C2)CC2CCC1C2. The van der Waals surface area contributed by atoms with Crippen molar-refractivity contribution in [1.82, 2.24) is 5.32 Å². The fourth-order valence-corrected chi connectivity index (χ4v) is 6.85. The van der Waals surface area contributed by atoms with Crippen molar-refractivity contribution in [1.29, 1.82) is 0 Å². The lowest BCUT2D eigenvalue weighted by molar-refractivity contribution is 0.0890. The van der Waals surface area contributed by atoms with Gasteiger partial charge in [-0.2, -0.15) is 0 Å². The fourth-order valence-electron chi connectivity index (χ4n) is 4.93. The molecule has 0 amide bonds. The van der Waals surface area contributed by atoms with Gasteiger partial charge in [0.05, 0.1) is 11.5 Å². The van der Waals surface area contributed by atoms with Gasteiger partial charge >= 0.3 is 0 Å². The van der Waals surface area contributed by atoms with E-state index >= 15 is 0 Å². The van der Waals surface area contributed by atoms with E-state index in [-0.39, 0.29) is 0 Å². The average molecular weight is 257 g/mol. The summed E-state index contributed by atoms with van der Waals surface area (Å²) in [5, 5.41) is 3.34. The molecule has 4 atom stereocenters. The van der Waals surface area contributed by atoms with Crippen LogP contribution in [0.15, 0.2) is 0 Å². The Morgan fingerprint density at radius 1 is 1.24 bits per heavy atom. The van der Waals surface area contributed by atoms with Gasteiger partial charge in [-0.25, -0.2) is 8.42 Å². The molecule has 0 aromatic carbocycles.